The summed E-state index contributed by atoms with van der Waals surface area (Å²) in [6.07, 6.45) is 0. The van der Waals surface area contributed by atoms with Crippen molar-refractivity contribution in [3.63, 3.8) is 0 Å². The fourth-order valence-electron chi connectivity index (χ4n) is 1.88. The number of hydrogen-bond acceptors (Lipinski definition) is 3. The number of hydrogen-bond donors (Lipinski definition) is 2. The molecule has 1 rings (SSSR count). The van der Waals surface area contributed by atoms with Crippen LogP contribution >= 0.6 is 11.6 Å². The fraction of sp³-hybridized carbons (Fsp3) is 0.538. The van der Waals surface area contributed by atoms with E-state index in [0.717, 1.165) is 17.8 Å². The molecule has 0 radical (unpaired) electrons. The van der Waals surface area contributed by atoms with Crippen molar-refractivity contribution >= 4 is 17.3 Å². The van der Waals surface area contributed by atoms with E-state index in [1.54, 1.807) is 13.8 Å². The minimum absolute atomic E-state index is 0.400. The van der Waals surface area contributed by atoms with E-state index in [2.05, 4.69) is 4.90 Å². The van der Waals surface area contributed by atoms with Crippen LogP contribution in [-0.2, 0) is 6.54 Å². The number of nitrogens with zero attached hydrogens (tertiary/aromatic N) is 1. The van der Waals surface area contributed by atoms with Crippen LogP contribution in [0.2, 0.25) is 5.02 Å². The van der Waals surface area contributed by atoms with E-state index in [1.807, 2.05) is 25.1 Å². The molecular formula is C13H21ClN2O. The lowest BCUT2D eigenvalue weighted by molar-refractivity contribution is 0.0875. The number of likely N-dealkylation sites (N-methyl/N-ethyl adjacent to an activating group) is 1. The second kappa shape index (κ2) is 5.71. The van der Waals surface area contributed by atoms with Crippen LogP contribution in [0.1, 0.15) is 26.3 Å². The van der Waals surface area contributed by atoms with Gasteiger partial charge >= 0.3 is 0 Å². The van der Waals surface area contributed by atoms with Gasteiger partial charge in [0.15, 0.2) is 0 Å². The molecule has 0 saturated heterocycles. The second-order valence-electron chi connectivity index (χ2n) is 4.77. The van der Waals surface area contributed by atoms with Crippen molar-refractivity contribution in [2.45, 2.75) is 32.9 Å². The predicted molar refractivity (Wildman–Crippen MR) is 73.5 cm³/mol. The minimum atomic E-state index is -0.746. The van der Waals surface area contributed by atoms with E-state index in [0.29, 0.717) is 18.1 Å². The third-order valence-corrected chi connectivity index (χ3v) is 2.95. The SMILES string of the molecule is CCN(CC(C)(C)O)c1cccc(Cl)c1CN. The van der Waals surface area contributed by atoms with Gasteiger partial charge in [-0.2, -0.15) is 0 Å². The Labute approximate surface area is 108 Å². The van der Waals surface area contributed by atoms with Crippen LogP contribution in [0.3, 0.4) is 0 Å². The monoisotopic (exact) mass is 256 g/mol. The van der Waals surface area contributed by atoms with Crippen LogP contribution < -0.4 is 10.6 Å². The first-order valence-electron chi connectivity index (χ1n) is 5.84. The maximum absolute atomic E-state index is 9.91. The van der Waals surface area contributed by atoms with Crippen molar-refractivity contribution in [2.75, 3.05) is 18.0 Å². The smallest absolute Gasteiger partial charge is 0.0765 e. The van der Waals surface area contributed by atoms with Crippen LogP contribution in [0.5, 0.6) is 0 Å². The first-order valence-corrected chi connectivity index (χ1v) is 6.21. The maximum Gasteiger partial charge on any atom is 0.0765 e. The largest absolute Gasteiger partial charge is 0.389 e. The molecule has 96 valence electrons. The Morgan fingerprint density at radius 1 is 1.41 bits per heavy atom. The van der Waals surface area contributed by atoms with Crippen LogP contribution in [0.25, 0.3) is 0 Å². The first kappa shape index (κ1) is 14.3. The van der Waals surface area contributed by atoms with E-state index in [1.165, 1.54) is 0 Å². The van der Waals surface area contributed by atoms with E-state index >= 15 is 0 Å². The van der Waals surface area contributed by atoms with Gasteiger partial charge in [-0.15, -0.1) is 0 Å². The molecule has 0 fully saturated rings. The minimum Gasteiger partial charge on any atom is -0.389 e. The first-order chi connectivity index (χ1) is 7.89. The lowest BCUT2D eigenvalue weighted by Gasteiger charge is -2.31. The van der Waals surface area contributed by atoms with Crippen molar-refractivity contribution in [1.82, 2.24) is 0 Å². The quantitative estimate of drug-likeness (QED) is 0.851. The van der Waals surface area contributed by atoms with Crippen molar-refractivity contribution < 1.29 is 5.11 Å². The molecule has 0 atom stereocenters. The molecule has 3 nitrogen and oxygen atoms in total. The van der Waals surface area contributed by atoms with Gasteiger partial charge in [0.25, 0.3) is 0 Å². The summed E-state index contributed by atoms with van der Waals surface area (Å²) in [4.78, 5) is 2.09. The Morgan fingerprint density at radius 2 is 2.06 bits per heavy atom. The molecule has 0 saturated carbocycles. The van der Waals surface area contributed by atoms with Crippen LogP contribution in [-0.4, -0.2) is 23.8 Å². The molecular weight excluding hydrogens is 236 g/mol. The molecule has 3 N–H and O–H groups in total. The summed E-state index contributed by atoms with van der Waals surface area (Å²) in [5.41, 5.74) is 6.92. The van der Waals surface area contributed by atoms with Gasteiger partial charge < -0.3 is 15.7 Å². The Bertz CT molecular complexity index is 374. The summed E-state index contributed by atoms with van der Waals surface area (Å²) >= 11 is 6.13. The highest BCUT2D eigenvalue weighted by Crippen LogP contribution is 2.28. The normalized spacial score (nSPS) is 11.6. The molecule has 0 aliphatic heterocycles. The second-order valence-corrected chi connectivity index (χ2v) is 5.18. The van der Waals surface area contributed by atoms with Crippen molar-refractivity contribution in [2.24, 2.45) is 5.73 Å². The molecule has 4 heteroatoms. The molecule has 0 amide bonds. The van der Waals surface area contributed by atoms with E-state index in [9.17, 15) is 5.11 Å². The zero-order valence-corrected chi connectivity index (χ0v) is 11.5. The van der Waals surface area contributed by atoms with Crippen molar-refractivity contribution in [1.29, 1.82) is 0 Å². The lowest BCUT2D eigenvalue weighted by Crippen LogP contribution is -2.39. The number of halogens is 1. The standard InChI is InChI=1S/C13H21ClN2O/c1-4-16(9-13(2,3)17)12-7-5-6-11(14)10(12)8-15/h5-7,17H,4,8-9,15H2,1-3H3. The highest BCUT2D eigenvalue weighted by Gasteiger charge is 2.19. The number of aliphatic hydroxyl groups is 1. The molecule has 0 aliphatic carbocycles. The average molecular weight is 257 g/mol. The fourth-order valence-corrected chi connectivity index (χ4v) is 2.13. The topological polar surface area (TPSA) is 49.5 Å². The summed E-state index contributed by atoms with van der Waals surface area (Å²) in [6, 6.07) is 5.73. The maximum atomic E-state index is 9.91. The number of anilines is 1. The Balaban J connectivity index is 3.07. The van der Waals surface area contributed by atoms with Gasteiger partial charge in [0.2, 0.25) is 0 Å². The molecule has 0 aromatic heterocycles. The van der Waals surface area contributed by atoms with E-state index in [4.69, 9.17) is 17.3 Å². The van der Waals surface area contributed by atoms with Crippen molar-refractivity contribution in [3.05, 3.63) is 28.8 Å². The highest BCUT2D eigenvalue weighted by atomic mass is 35.5. The summed E-state index contributed by atoms with van der Waals surface area (Å²) in [5.74, 6) is 0. The van der Waals surface area contributed by atoms with Gasteiger partial charge in [-0.1, -0.05) is 17.7 Å². The number of rotatable bonds is 5. The van der Waals surface area contributed by atoms with Gasteiger partial charge in [-0.25, -0.2) is 0 Å². The molecule has 0 heterocycles. The molecule has 17 heavy (non-hydrogen) atoms. The van der Waals surface area contributed by atoms with E-state index in [-0.39, 0.29) is 0 Å². The molecule has 0 aliphatic rings. The number of nitrogens with two attached hydrogens (primary N) is 1. The summed E-state index contributed by atoms with van der Waals surface area (Å²) in [5, 5.41) is 10.6. The zero-order chi connectivity index (χ0) is 13.1. The number of benzene rings is 1. The average Bonchev–Trinajstić information content (AvgIpc) is 2.24. The molecule has 0 spiro atoms. The third-order valence-electron chi connectivity index (χ3n) is 2.60. The lowest BCUT2D eigenvalue weighted by atomic mass is 10.1. The molecule has 1 aromatic rings. The highest BCUT2D eigenvalue weighted by molar-refractivity contribution is 6.31. The van der Waals surface area contributed by atoms with Gasteiger partial charge in [0.05, 0.1) is 5.60 Å². The Morgan fingerprint density at radius 3 is 2.53 bits per heavy atom. The third kappa shape index (κ3) is 3.87. The van der Waals surface area contributed by atoms with Crippen LogP contribution in [0.4, 0.5) is 5.69 Å². The molecule has 0 bridgehead atoms. The summed E-state index contributed by atoms with van der Waals surface area (Å²) in [6.45, 7) is 7.39. The summed E-state index contributed by atoms with van der Waals surface area (Å²) < 4.78 is 0. The molecule has 0 unspecified atom stereocenters. The van der Waals surface area contributed by atoms with Gasteiger partial charge in [0, 0.05) is 35.9 Å². The van der Waals surface area contributed by atoms with Gasteiger partial charge in [0.1, 0.15) is 0 Å². The Hall–Kier alpha value is -0.770. The van der Waals surface area contributed by atoms with Gasteiger partial charge in [-0.05, 0) is 32.9 Å². The van der Waals surface area contributed by atoms with Gasteiger partial charge in [-0.3, -0.25) is 0 Å². The molecule has 1 aromatic carbocycles. The van der Waals surface area contributed by atoms with E-state index < -0.39 is 5.60 Å². The Kier molecular flexibility index (Phi) is 4.80. The summed E-state index contributed by atoms with van der Waals surface area (Å²) in [7, 11) is 0. The van der Waals surface area contributed by atoms with Crippen LogP contribution in [0, 0.1) is 0 Å². The van der Waals surface area contributed by atoms with Crippen molar-refractivity contribution in [3.8, 4) is 0 Å². The zero-order valence-electron chi connectivity index (χ0n) is 10.7. The predicted octanol–water partition coefficient (Wildman–Crippen LogP) is 2.40. The van der Waals surface area contributed by atoms with Crippen LogP contribution in [0.15, 0.2) is 18.2 Å².